The van der Waals surface area contributed by atoms with Crippen molar-refractivity contribution in [3.8, 4) is 11.1 Å². The minimum atomic E-state index is 0.103. The van der Waals surface area contributed by atoms with Crippen molar-refractivity contribution in [3.63, 3.8) is 0 Å². The highest BCUT2D eigenvalue weighted by Crippen LogP contribution is 2.41. The Morgan fingerprint density at radius 1 is 1.17 bits per heavy atom. The van der Waals surface area contributed by atoms with E-state index in [1.165, 1.54) is 21.6 Å². The minimum absolute atomic E-state index is 0.103. The first-order valence-electron chi connectivity index (χ1n) is 7.81. The zero-order valence-electron chi connectivity index (χ0n) is 13.7. The summed E-state index contributed by atoms with van der Waals surface area (Å²) < 4.78 is 0. The molecule has 0 bridgehead atoms. The number of aromatic nitrogens is 2. The number of aryl methyl sites for hydroxylation is 2. The van der Waals surface area contributed by atoms with Crippen molar-refractivity contribution in [1.29, 1.82) is 0 Å². The molecule has 0 aliphatic carbocycles. The Morgan fingerprint density at radius 3 is 2.57 bits per heavy atom. The maximum absolute atomic E-state index is 9.24. The number of hydrogen-bond acceptors (Lipinski definition) is 5. The molecule has 2 heterocycles. The van der Waals surface area contributed by atoms with Crippen molar-refractivity contribution in [1.82, 2.24) is 9.97 Å². The van der Waals surface area contributed by atoms with Crippen LogP contribution in [0.5, 0.6) is 0 Å². The lowest BCUT2D eigenvalue weighted by Crippen LogP contribution is -2.22. The maximum Gasteiger partial charge on any atom is 0.141 e. The molecule has 0 amide bonds. The van der Waals surface area contributed by atoms with Crippen LogP contribution >= 0.6 is 11.3 Å². The van der Waals surface area contributed by atoms with Gasteiger partial charge in [-0.05, 0) is 24.5 Å². The molecule has 5 heteroatoms. The van der Waals surface area contributed by atoms with E-state index in [0.717, 1.165) is 22.5 Å². The molecule has 0 unspecified atom stereocenters. The summed E-state index contributed by atoms with van der Waals surface area (Å²) in [5.41, 5.74) is 3.73. The van der Waals surface area contributed by atoms with Crippen molar-refractivity contribution in [3.05, 3.63) is 41.0 Å². The third-order valence-electron chi connectivity index (χ3n) is 4.09. The minimum Gasteiger partial charge on any atom is -0.395 e. The van der Waals surface area contributed by atoms with E-state index in [1.54, 1.807) is 17.7 Å². The van der Waals surface area contributed by atoms with Gasteiger partial charge in [-0.25, -0.2) is 9.97 Å². The van der Waals surface area contributed by atoms with Crippen LogP contribution in [0.3, 0.4) is 0 Å². The van der Waals surface area contributed by atoms with Gasteiger partial charge in [-0.2, -0.15) is 0 Å². The fourth-order valence-corrected chi connectivity index (χ4v) is 3.84. The van der Waals surface area contributed by atoms with E-state index in [1.807, 2.05) is 11.9 Å². The summed E-state index contributed by atoms with van der Waals surface area (Å²) in [6.45, 7) is 4.95. The maximum atomic E-state index is 9.24. The molecule has 3 rings (SSSR count). The summed E-state index contributed by atoms with van der Waals surface area (Å²) in [7, 11) is 1.95. The van der Waals surface area contributed by atoms with Gasteiger partial charge in [0.05, 0.1) is 12.0 Å². The van der Waals surface area contributed by atoms with Crippen molar-refractivity contribution >= 4 is 27.4 Å². The van der Waals surface area contributed by atoms with Crippen molar-refractivity contribution in [2.45, 2.75) is 20.3 Å². The predicted octanol–water partition coefficient (Wildman–Crippen LogP) is 3.66. The smallest absolute Gasteiger partial charge is 0.141 e. The summed E-state index contributed by atoms with van der Waals surface area (Å²) in [6, 6.07) is 8.71. The lowest BCUT2D eigenvalue weighted by Gasteiger charge is -2.18. The number of benzene rings is 1. The van der Waals surface area contributed by atoms with Gasteiger partial charge in [0.25, 0.3) is 0 Å². The number of nitrogens with zero attached hydrogens (tertiary/aromatic N) is 3. The van der Waals surface area contributed by atoms with Gasteiger partial charge in [0, 0.05) is 24.0 Å². The second kappa shape index (κ2) is 6.64. The number of hydrogen-bond donors (Lipinski definition) is 1. The first-order chi connectivity index (χ1) is 11.2. The zero-order chi connectivity index (χ0) is 16.4. The highest BCUT2D eigenvalue weighted by molar-refractivity contribution is 7.19. The first kappa shape index (κ1) is 15.9. The van der Waals surface area contributed by atoms with Crippen LogP contribution in [0.15, 0.2) is 30.6 Å². The normalized spacial score (nSPS) is 11.1. The molecule has 0 fully saturated rings. The molecule has 0 saturated heterocycles. The second-order valence-electron chi connectivity index (χ2n) is 5.61. The van der Waals surface area contributed by atoms with E-state index in [9.17, 15) is 5.11 Å². The second-order valence-corrected chi connectivity index (χ2v) is 6.81. The van der Waals surface area contributed by atoms with E-state index in [-0.39, 0.29) is 6.61 Å². The third-order valence-corrected chi connectivity index (χ3v) is 5.11. The topological polar surface area (TPSA) is 49.2 Å². The predicted molar refractivity (Wildman–Crippen MR) is 97.3 cm³/mol. The number of aliphatic hydroxyl groups is 1. The molecule has 3 aromatic rings. The fourth-order valence-electron chi connectivity index (χ4n) is 2.83. The Balaban J connectivity index is 2.20. The Morgan fingerprint density at radius 2 is 1.91 bits per heavy atom. The molecule has 0 saturated carbocycles. The SMILES string of the molecule is CCc1ccc(-c2c(C)sc3ncnc(N(C)CCO)c23)cc1. The van der Waals surface area contributed by atoms with Crippen LogP contribution in [-0.2, 0) is 6.42 Å². The van der Waals surface area contributed by atoms with Crippen molar-refractivity contribution in [2.24, 2.45) is 0 Å². The number of likely N-dealkylation sites (N-methyl/N-ethyl adjacent to an activating group) is 1. The van der Waals surface area contributed by atoms with Crippen molar-refractivity contribution in [2.75, 3.05) is 25.1 Å². The average molecular weight is 327 g/mol. The molecule has 23 heavy (non-hydrogen) atoms. The third kappa shape index (κ3) is 2.94. The van der Waals surface area contributed by atoms with E-state index in [2.05, 4.69) is 48.1 Å². The molecular weight excluding hydrogens is 306 g/mol. The summed E-state index contributed by atoms with van der Waals surface area (Å²) >= 11 is 1.69. The summed E-state index contributed by atoms with van der Waals surface area (Å²) in [5.74, 6) is 0.878. The van der Waals surface area contributed by atoms with Gasteiger partial charge in [0.2, 0.25) is 0 Å². The van der Waals surface area contributed by atoms with Crippen molar-refractivity contribution < 1.29 is 5.11 Å². The molecule has 0 atom stereocenters. The van der Waals surface area contributed by atoms with Gasteiger partial charge in [0.15, 0.2) is 0 Å². The molecule has 0 radical (unpaired) electrons. The van der Waals surface area contributed by atoms with Crippen LogP contribution in [0, 0.1) is 6.92 Å². The number of fused-ring (bicyclic) bond motifs is 1. The first-order valence-corrected chi connectivity index (χ1v) is 8.62. The summed E-state index contributed by atoms with van der Waals surface area (Å²) in [6.07, 6.45) is 2.64. The van der Waals surface area contributed by atoms with Crippen LogP contribution in [0.2, 0.25) is 0 Å². The lowest BCUT2D eigenvalue weighted by molar-refractivity contribution is 0.304. The fraction of sp³-hybridized carbons (Fsp3) is 0.333. The molecule has 1 aromatic carbocycles. The molecular formula is C18H21N3OS. The molecule has 0 spiro atoms. The van der Waals surface area contributed by atoms with Gasteiger partial charge >= 0.3 is 0 Å². The van der Waals surface area contributed by atoms with E-state index in [4.69, 9.17) is 0 Å². The van der Waals surface area contributed by atoms with Gasteiger partial charge in [0.1, 0.15) is 17.0 Å². The van der Waals surface area contributed by atoms with E-state index >= 15 is 0 Å². The molecule has 2 aromatic heterocycles. The Kier molecular flexibility index (Phi) is 4.59. The number of aliphatic hydroxyl groups excluding tert-OH is 1. The Hall–Kier alpha value is -1.98. The van der Waals surface area contributed by atoms with Gasteiger partial charge < -0.3 is 10.0 Å². The standard InChI is InChI=1S/C18H21N3OS/c1-4-13-5-7-14(8-6-13)15-12(2)23-18-16(15)17(19-11-20-18)21(3)9-10-22/h5-8,11,22H,4,9-10H2,1-3H3. The van der Waals surface area contributed by atoms with Crippen LogP contribution in [-0.4, -0.2) is 35.3 Å². The lowest BCUT2D eigenvalue weighted by atomic mass is 10.0. The molecule has 4 nitrogen and oxygen atoms in total. The highest BCUT2D eigenvalue weighted by atomic mass is 32.1. The average Bonchev–Trinajstić information content (AvgIpc) is 2.91. The summed E-state index contributed by atoms with van der Waals surface area (Å²) in [5, 5.41) is 10.3. The number of anilines is 1. The molecule has 0 aliphatic heterocycles. The number of thiophene rings is 1. The van der Waals surface area contributed by atoms with Crippen LogP contribution in [0.4, 0.5) is 5.82 Å². The summed E-state index contributed by atoms with van der Waals surface area (Å²) in [4.78, 5) is 13.1. The Labute approximate surface area is 140 Å². The highest BCUT2D eigenvalue weighted by Gasteiger charge is 2.18. The molecule has 1 N–H and O–H groups in total. The molecule has 0 aliphatic rings. The van der Waals surface area contributed by atoms with E-state index in [0.29, 0.717) is 6.54 Å². The van der Waals surface area contributed by atoms with E-state index < -0.39 is 0 Å². The Bertz CT molecular complexity index is 811. The monoisotopic (exact) mass is 327 g/mol. The van der Waals surface area contributed by atoms with Crippen LogP contribution < -0.4 is 4.90 Å². The number of rotatable bonds is 5. The van der Waals surface area contributed by atoms with Gasteiger partial charge in [-0.1, -0.05) is 31.2 Å². The largest absolute Gasteiger partial charge is 0.395 e. The van der Waals surface area contributed by atoms with Gasteiger partial charge in [-0.3, -0.25) is 0 Å². The van der Waals surface area contributed by atoms with Crippen LogP contribution in [0.25, 0.3) is 21.3 Å². The molecule has 120 valence electrons. The van der Waals surface area contributed by atoms with Gasteiger partial charge in [-0.15, -0.1) is 11.3 Å². The zero-order valence-corrected chi connectivity index (χ0v) is 14.5. The van der Waals surface area contributed by atoms with Crippen LogP contribution in [0.1, 0.15) is 17.4 Å². The quantitative estimate of drug-likeness (QED) is 0.777.